The van der Waals surface area contributed by atoms with Crippen LogP contribution < -0.4 is 4.72 Å². The first kappa shape index (κ1) is 14.1. The van der Waals surface area contributed by atoms with Gasteiger partial charge in [-0.05, 0) is 20.3 Å². The van der Waals surface area contributed by atoms with E-state index in [9.17, 15) is 8.42 Å². The second-order valence-corrected chi connectivity index (χ2v) is 5.49. The molecule has 7 heteroatoms. The highest BCUT2D eigenvalue weighted by Crippen LogP contribution is 2.19. The third-order valence-electron chi connectivity index (χ3n) is 2.42. The molecule has 0 aromatic carbocycles. The smallest absolute Gasteiger partial charge is 0.246 e. The largest absolute Gasteiger partial charge is 0.383 e. The van der Waals surface area contributed by atoms with Crippen LogP contribution in [0.2, 0.25) is 0 Å². The molecular formula is C10H18N2O4S. The van der Waals surface area contributed by atoms with E-state index in [0.717, 1.165) is 0 Å². The van der Waals surface area contributed by atoms with E-state index >= 15 is 0 Å². The first-order valence-electron chi connectivity index (χ1n) is 5.36. The number of ether oxygens (including phenoxy) is 1. The average Bonchev–Trinajstić information content (AvgIpc) is 2.58. The van der Waals surface area contributed by atoms with Crippen LogP contribution in [-0.2, 0) is 14.8 Å². The molecule has 98 valence electrons. The van der Waals surface area contributed by atoms with Gasteiger partial charge >= 0.3 is 0 Å². The molecule has 0 aliphatic carbocycles. The van der Waals surface area contributed by atoms with Gasteiger partial charge in [0, 0.05) is 13.2 Å². The van der Waals surface area contributed by atoms with E-state index in [1.54, 1.807) is 13.8 Å². The van der Waals surface area contributed by atoms with Crippen LogP contribution in [0.4, 0.5) is 0 Å². The fourth-order valence-corrected chi connectivity index (χ4v) is 3.21. The molecule has 17 heavy (non-hydrogen) atoms. The molecule has 1 unspecified atom stereocenters. The summed E-state index contributed by atoms with van der Waals surface area (Å²) >= 11 is 0. The normalized spacial score (nSPS) is 13.9. The van der Waals surface area contributed by atoms with Crippen molar-refractivity contribution >= 4 is 10.0 Å². The Hall–Kier alpha value is -0.920. The highest BCUT2D eigenvalue weighted by atomic mass is 32.2. The molecule has 0 amide bonds. The van der Waals surface area contributed by atoms with E-state index in [1.807, 2.05) is 6.92 Å². The van der Waals surface area contributed by atoms with Crippen molar-refractivity contribution in [2.24, 2.45) is 0 Å². The number of nitrogens with zero attached hydrogens (tertiary/aromatic N) is 1. The van der Waals surface area contributed by atoms with Crippen LogP contribution in [0, 0.1) is 13.8 Å². The summed E-state index contributed by atoms with van der Waals surface area (Å²) in [5.41, 5.74) is 0.363. The van der Waals surface area contributed by atoms with Crippen LogP contribution >= 0.6 is 0 Å². The fraction of sp³-hybridized carbons (Fsp3) is 0.700. The summed E-state index contributed by atoms with van der Waals surface area (Å²) < 4.78 is 36.6. The standard InChI is InChI=1S/C10H18N2O4S/c1-5-9(6-15-4)12-17(13,14)10-7(2)11-16-8(10)3/h9,12H,5-6H2,1-4H3. The van der Waals surface area contributed by atoms with Gasteiger partial charge in [0.15, 0.2) is 5.76 Å². The number of nitrogens with one attached hydrogen (secondary N) is 1. The molecule has 1 heterocycles. The van der Waals surface area contributed by atoms with E-state index in [4.69, 9.17) is 9.26 Å². The predicted molar refractivity (Wildman–Crippen MR) is 62.3 cm³/mol. The average molecular weight is 262 g/mol. The Labute approximate surface area is 101 Å². The van der Waals surface area contributed by atoms with Crippen LogP contribution in [0.15, 0.2) is 9.42 Å². The predicted octanol–water partition coefficient (Wildman–Crippen LogP) is 0.995. The van der Waals surface area contributed by atoms with Gasteiger partial charge in [-0.2, -0.15) is 0 Å². The Kier molecular flexibility index (Phi) is 4.67. The van der Waals surface area contributed by atoms with Gasteiger partial charge in [0.05, 0.1) is 6.61 Å². The van der Waals surface area contributed by atoms with Crippen LogP contribution in [0.5, 0.6) is 0 Å². The zero-order valence-corrected chi connectivity index (χ0v) is 11.3. The lowest BCUT2D eigenvalue weighted by Gasteiger charge is -2.15. The topological polar surface area (TPSA) is 81.4 Å². The van der Waals surface area contributed by atoms with Crippen molar-refractivity contribution in [1.29, 1.82) is 0 Å². The van der Waals surface area contributed by atoms with Crippen LogP contribution in [0.1, 0.15) is 24.8 Å². The molecule has 0 saturated carbocycles. The van der Waals surface area contributed by atoms with E-state index in [0.29, 0.717) is 24.5 Å². The van der Waals surface area contributed by atoms with Gasteiger partial charge in [-0.15, -0.1) is 0 Å². The van der Waals surface area contributed by atoms with Crippen LogP contribution in [-0.4, -0.2) is 33.3 Å². The van der Waals surface area contributed by atoms with Gasteiger partial charge in [0.25, 0.3) is 0 Å². The number of aryl methyl sites for hydroxylation is 2. The summed E-state index contributed by atoms with van der Waals surface area (Å²) in [4.78, 5) is 0.118. The summed E-state index contributed by atoms with van der Waals surface area (Å²) in [6.45, 7) is 5.40. The minimum absolute atomic E-state index is 0.118. The quantitative estimate of drug-likeness (QED) is 0.827. The van der Waals surface area contributed by atoms with Gasteiger partial charge in [0.1, 0.15) is 10.6 Å². The number of aromatic nitrogens is 1. The Morgan fingerprint density at radius 1 is 1.47 bits per heavy atom. The van der Waals surface area contributed by atoms with Crippen LogP contribution in [0.25, 0.3) is 0 Å². The lowest BCUT2D eigenvalue weighted by molar-refractivity contribution is 0.173. The van der Waals surface area contributed by atoms with E-state index in [-0.39, 0.29) is 10.9 Å². The molecule has 6 nitrogen and oxygen atoms in total. The maximum absolute atomic E-state index is 12.1. The fourth-order valence-electron chi connectivity index (χ4n) is 1.57. The lowest BCUT2D eigenvalue weighted by Crippen LogP contribution is -2.37. The number of hydrogen-bond donors (Lipinski definition) is 1. The zero-order chi connectivity index (χ0) is 13.1. The van der Waals surface area contributed by atoms with Crippen molar-refractivity contribution in [1.82, 2.24) is 9.88 Å². The summed E-state index contributed by atoms with van der Waals surface area (Å²) in [5.74, 6) is 0.294. The van der Waals surface area contributed by atoms with Crippen LogP contribution in [0.3, 0.4) is 0 Å². The lowest BCUT2D eigenvalue weighted by atomic mass is 10.3. The van der Waals surface area contributed by atoms with Gasteiger partial charge in [-0.3, -0.25) is 0 Å². The molecular weight excluding hydrogens is 244 g/mol. The van der Waals surface area contributed by atoms with E-state index in [1.165, 1.54) is 7.11 Å². The minimum Gasteiger partial charge on any atom is -0.383 e. The molecule has 0 radical (unpaired) electrons. The monoisotopic (exact) mass is 262 g/mol. The second kappa shape index (κ2) is 5.61. The van der Waals surface area contributed by atoms with Gasteiger partial charge < -0.3 is 9.26 Å². The van der Waals surface area contributed by atoms with Crippen molar-refractivity contribution in [3.63, 3.8) is 0 Å². The summed E-state index contributed by atoms with van der Waals surface area (Å²) in [6, 6.07) is -0.251. The molecule has 0 aliphatic heterocycles. The van der Waals surface area contributed by atoms with Gasteiger partial charge in [-0.25, -0.2) is 13.1 Å². The molecule has 0 fully saturated rings. The Bertz CT molecular complexity index is 447. The molecule has 1 N–H and O–H groups in total. The Morgan fingerprint density at radius 2 is 2.12 bits per heavy atom. The Morgan fingerprint density at radius 3 is 2.53 bits per heavy atom. The molecule has 0 saturated heterocycles. The first-order chi connectivity index (χ1) is 7.92. The van der Waals surface area contributed by atoms with Crippen molar-refractivity contribution in [2.45, 2.75) is 38.1 Å². The Balaban J connectivity index is 2.96. The van der Waals surface area contributed by atoms with Crippen molar-refractivity contribution in [3.05, 3.63) is 11.5 Å². The first-order valence-corrected chi connectivity index (χ1v) is 6.84. The second-order valence-electron chi connectivity index (χ2n) is 3.84. The molecule has 1 rings (SSSR count). The van der Waals surface area contributed by atoms with Gasteiger partial charge in [0.2, 0.25) is 10.0 Å². The summed E-state index contributed by atoms with van der Waals surface area (Å²) in [7, 11) is -2.06. The van der Waals surface area contributed by atoms with E-state index < -0.39 is 10.0 Å². The molecule has 1 aromatic heterocycles. The third-order valence-corrected chi connectivity index (χ3v) is 4.18. The van der Waals surface area contributed by atoms with Crippen molar-refractivity contribution < 1.29 is 17.7 Å². The molecule has 1 aromatic rings. The molecule has 0 aliphatic rings. The van der Waals surface area contributed by atoms with E-state index in [2.05, 4.69) is 9.88 Å². The summed E-state index contributed by atoms with van der Waals surface area (Å²) in [6.07, 6.45) is 0.649. The molecule has 0 spiro atoms. The minimum atomic E-state index is -3.60. The summed E-state index contributed by atoms with van der Waals surface area (Å²) in [5, 5.41) is 3.64. The number of hydrogen-bond acceptors (Lipinski definition) is 5. The number of sulfonamides is 1. The number of methoxy groups -OCH3 is 1. The highest BCUT2D eigenvalue weighted by molar-refractivity contribution is 7.89. The number of rotatable bonds is 6. The molecule has 1 atom stereocenters. The maximum atomic E-state index is 12.1. The zero-order valence-electron chi connectivity index (χ0n) is 10.5. The van der Waals surface area contributed by atoms with Gasteiger partial charge in [-0.1, -0.05) is 12.1 Å². The SMILES string of the molecule is CCC(COC)NS(=O)(=O)c1c(C)noc1C. The third kappa shape index (κ3) is 3.27. The van der Waals surface area contributed by atoms with Crippen molar-refractivity contribution in [2.75, 3.05) is 13.7 Å². The highest BCUT2D eigenvalue weighted by Gasteiger charge is 2.26. The molecule has 0 bridgehead atoms. The van der Waals surface area contributed by atoms with Crippen molar-refractivity contribution in [3.8, 4) is 0 Å². The maximum Gasteiger partial charge on any atom is 0.246 e.